The Morgan fingerprint density at radius 3 is 2.38 bits per heavy atom. The van der Waals surface area contributed by atoms with Gasteiger partial charge in [0.05, 0.1) is 17.5 Å². The Bertz CT molecular complexity index is 1360. The Balaban J connectivity index is 1.43. The van der Waals surface area contributed by atoms with Gasteiger partial charge in [-0.05, 0) is 70.0 Å². The molecule has 4 N–H and O–H groups in total. The number of fused-ring (bicyclic) bond motifs is 1. The number of carbonyl (C=O) groups excluding carboxylic acids is 2. The summed E-state index contributed by atoms with van der Waals surface area (Å²) in [6.45, 7) is 6.28. The minimum absolute atomic E-state index is 0.128. The van der Waals surface area contributed by atoms with Crippen LogP contribution in [0, 0.1) is 6.92 Å². The number of carboxylic acid groups (broad SMARTS) is 1. The first-order valence-corrected chi connectivity index (χ1v) is 12.8. The largest absolute Gasteiger partial charge is 0.489 e. The number of piperidine rings is 1. The molecular weight excluding hydrogens is 500 g/mol. The molecule has 0 atom stereocenters. The van der Waals surface area contributed by atoms with Crippen molar-refractivity contribution >= 4 is 28.7 Å². The van der Waals surface area contributed by atoms with Gasteiger partial charge in [0, 0.05) is 35.3 Å². The van der Waals surface area contributed by atoms with Gasteiger partial charge < -0.3 is 15.2 Å². The molecule has 0 radical (unpaired) electrons. The van der Waals surface area contributed by atoms with Crippen molar-refractivity contribution in [3.63, 3.8) is 0 Å². The quantitative estimate of drug-likeness (QED) is 0.242. The molecule has 10 nitrogen and oxygen atoms in total. The van der Waals surface area contributed by atoms with Crippen molar-refractivity contribution in [2.45, 2.75) is 57.7 Å². The Labute approximate surface area is 226 Å². The smallest absolute Gasteiger partial charge is 0.323 e. The predicted octanol–water partition coefficient (Wildman–Crippen LogP) is 3.45. The average molecular weight is 535 g/mol. The lowest BCUT2D eigenvalue weighted by Gasteiger charge is -2.46. The Kier molecular flexibility index (Phi) is 8.17. The van der Waals surface area contributed by atoms with Crippen molar-refractivity contribution in [2.24, 2.45) is 0 Å². The molecule has 206 valence electrons. The topological polar surface area (TPSA) is 141 Å². The van der Waals surface area contributed by atoms with Gasteiger partial charge in [-0.25, -0.2) is 5.48 Å². The van der Waals surface area contributed by atoms with Gasteiger partial charge in [-0.2, -0.15) is 0 Å². The highest BCUT2D eigenvalue weighted by Gasteiger charge is 2.43. The summed E-state index contributed by atoms with van der Waals surface area (Å²) in [7, 11) is 0. The summed E-state index contributed by atoms with van der Waals surface area (Å²) < 4.78 is 6.00. The van der Waals surface area contributed by atoms with Crippen LogP contribution < -0.4 is 15.5 Å². The number of nitrogens with one attached hydrogen (secondary N) is 2. The van der Waals surface area contributed by atoms with Crippen molar-refractivity contribution in [2.75, 3.05) is 13.1 Å². The van der Waals surface area contributed by atoms with Crippen LogP contribution in [0.5, 0.6) is 5.75 Å². The van der Waals surface area contributed by atoms with E-state index in [1.807, 2.05) is 42.2 Å². The van der Waals surface area contributed by atoms with E-state index in [4.69, 9.17) is 9.94 Å². The van der Waals surface area contributed by atoms with E-state index in [0.717, 1.165) is 22.2 Å². The first kappa shape index (κ1) is 28.0. The molecule has 0 bridgehead atoms. The summed E-state index contributed by atoms with van der Waals surface area (Å²) in [6.07, 6.45) is 0.573. The van der Waals surface area contributed by atoms with Gasteiger partial charge in [0.25, 0.3) is 5.91 Å². The van der Waals surface area contributed by atoms with Crippen LogP contribution in [-0.2, 0) is 16.2 Å². The maximum atomic E-state index is 13.2. The van der Waals surface area contributed by atoms with Crippen molar-refractivity contribution in [1.29, 1.82) is 0 Å². The number of rotatable bonds is 9. The lowest BCUT2D eigenvalue weighted by Crippen LogP contribution is -2.61. The fraction of sp³-hybridized carbons (Fsp3) is 0.379. The van der Waals surface area contributed by atoms with E-state index >= 15 is 0 Å². The van der Waals surface area contributed by atoms with Crippen LogP contribution >= 0.6 is 0 Å². The number of hydroxylamine groups is 1. The Morgan fingerprint density at radius 1 is 1.08 bits per heavy atom. The number of para-hydroxylation sites is 1. The molecule has 0 spiro atoms. The minimum atomic E-state index is -1.08. The van der Waals surface area contributed by atoms with Gasteiger partial charge in [0.1, 0.15) is 17.9 Å². The molecule has 4 rings (SSSR count). The first-order chi connectivity index (χ1) is 18.5. The number of aromatic nitrogens is 1. The maximum Gasteiger partial charge on any atom is 0.323 e. The number of ether oxygens (including phenoxy) is 1. The van der Waals surface area contributed by atoms with Crippen molar-refractivity contribution < 1.29 is 29.4 Å². The van der Waals surface area contributed by atoms with E-state index in [-0.39, 0.29) is 12.3 Å². The van der Waals surface area contributed by atoms with E-state index in [9.17, 15) is 19.5 Å². The number of likely N-dealkylation sites (tertiary alicyclic amines) is 1. The van der Waals surface area contributed by atoms with Gasteiger partial charge >= 0.3 is 5.97 Å². The van der Waals surface area contributed by atoms with E-state index in [1.54, 1.807) is 43.6 Å². The molecule has 1 aliphatic heterocycles. The third kappa shape index (κ3) is 6.35. The zero-order chi connectivity index (χ0) is 28.2. The normalized spacial score (nSPS) is 15.5. The zero-order valence-corrected chi connectivity index (χ0v) is 22.4. The van der Waals surface area contributed by atoms with Crippen LogP contribution in [0.15, 0.2) is 54.6 Å². The third-order valence-corrected chi connectivity index (χ3v) is 7.48. The number of carbonyl (C=O) groups is 3. The summed E-state index contributed by atoms with van der Waals surface area (Å²) >= 11 is 0. The van der Waals surface area contributed by atoms with E-state index < -0.39 is 23.0 Å². The molecule has 3 aromatic rings. The Hall–Kier alpha value is -4.02. The Morgan fingerprint density at radius 2 is 1.74 bits per heavy atom. The summed E-state index contributed by atoms with van der Waals surface area (Å²) in [4.78, 5) is 43.3. The highest BCUT2D eigenvalue weighted by atomic mass is 16.5. The van der Waals surface area contributed by atoms with Crippen molar-refractivity contribution in [1.82, 2.24) is 20.7 Å². The van der Waals surface area contributed by atoms with Gasteiger partial charge in [-0.1, -0.05) is 18.2 Å². The molecule has 39 heavy (non-hydrogen) atoms. The van der Waals surface area contributed by atoms with Crippen LogP contribution in [0.3, 0.4) is 0 Å². The fourth-order valence-corrected chi connectivity index (χ4v) is 5.01. The van der Waals surface area contributed by atoms with E-state index in [0.29, 0.717) is 43.9 Å². The minimum Gasteiger partial charge on any atom is -0.489 e. The molecule has 1 aliphatic rings. The molecule has 1 aromatic heterocycles. The lowest BCUT2D eigenvalue weighted by molar-refractivity contribution is -0.151. The number of amides is 2. The molecule has 2 aromatic carbocycles. The standard InChI is InChI=1S/C29H34N4O6/c1-19-16-21(23-6-4-5-7-24(23)30-19)18-39-22-10-8-20(9-11-22)26(35)31-29(17-25(34)32-38)12-14-33(15-13-29)28(2,3)27(36)37/h4-11,16,38H,12-15,17-18H2,1-3H3,(H,31,35)(H,32,34)(H,36,37). The molecule has 2 amide bonds. The molecular formula is C29H34N4O6. The number of nitrogens with zero attached hydrogens (tertiary/aromatic N) is 2. The highest BCUT2D eigenvalue weighted by molar-refractivity contribution is 5.95. The summed E-state index contributed by atoms with van der Waals surface area (Å²) in [6, 6.07) is 16.6. The number of carboxylic acids is 1. The van der Waals surface area contributed by atoms with Crippen molar-refractivity contribution in [3.05, 3.63) is 71.4 Å². The zero-order valence-electron chi connectivity index (χ0n) is 22.4. The first-order valence-electron chi connectivity index (χ1n) is 12.8. The van der Waals surface area contributed by atoms with Gasteiger partial charge in [-0.3, -0.25) is 29.5 Å². The SMILES string of the molecule is Cc1cc(COc2ccc(C(=O)NC3(CC(=O)NO)CCN(C(C)(C)C(=O)O)CC3)cc2)c2ccccc2n1. The number of aliphatic carboxylic acids is 1. The van der Waals surface area contributed by atoms with Crippen LogP contribution in [0.25, 0.3) is 10.9 Å². The number of benzene rings is 2. The number of pyridine rings is 1. The summed E-state index contributed by atoms with van der Waals surface area (Å²) in [5, 5.41) is 22.7. The van der Waals surface area contributed by atoms with Crippen LogP contribution in [0.4, 0.5) is 0 Å². The molecule has 0 aliphatic carbocycles. The average Bonchev–Trinajstić information content (AvgIpc) is 2.92. The maximum absolute atomic E-state index is 13.2. The summed E-state index contributed by atoms with van der Waals surface area (Å²) in [5.41, 5.74) is 2.86. The molecule has 0 unspecified atom stereocenters. The molecule has 2 heterocycles. The molecule has 0 saturated carbocycles. The third-order valence-electron chi connectivity index (χ3n) is 7.48. The van der Waals surface area contributed by atoms with Crippen LogP contribution in [0.1, 0.15) is 54.7 Å². The second-order valence-electron chi connectivity index (χ2n) is 10.6. The summed E-state index contributed by atoms with van der Waals surface area (Å²) in [5.74, 6) is -1.33. The number of hydrogen-bond acceptors (Lipinski definition) is 7. The van der Waals surface area contributed by atoms with Gasteiger partial charge in [0.2, 0.25) is 5.91 Å². The van der Waals surface area contributed by atoms with E-state index in [1.165, 1.54) is 0 Å². The van der Waals surface area contributed by atoms with Crippen molar-refractivity contribution in [3.8, 4) is 5.75 Å². The lowest BCUT2D eigenvalue weighted by atomic mass is 9.82. The second kappa shape index (κ2) is 11.4. The second-order valence-corrected chi connectivity index (χ2v) is 10.6. The molecule has 10 heteroatoms. The number of hydrogen-bond donors (Lipinski definition) is 4. The number of aryl methyl sites for hydroxylation is 1. The highest BCUT2D eigenvalue weighted by Crippen LogP contribution is 2.31. The van der Waals surface area contributed by atoms with Crippen LogP contribution in [-0.4, -0.2) is 62.1 Å². The van der Waals surface area contributed by atoms with Gasteiger partial charge in [-0.15, -0.1) is 0 Å². The van der Waals surface area contributed by atoms with E-state index in [2.05, 4.69) is 10.3 Å². The monoisotopic (exact) mass is 534 g/mol. The molecule has 1 fully saturated rings. The fourth-order valence-electron chi connectivity index (χ4n) is 5.01. The van der Waals surface area contributed by atoms with Crippen LogP contribution in [0.2, 0.25) is 0 Å². The predicted molar refractivity (Wildman–Crippen MR) is 145 cm³/mol. The molecule has 1 saturated heterocycles. The van der Waals surface area contributed by atoms with Gasteiger partial charge in [0.15, 0.2) is 0 Å².